The van der Waals surface area contributed by atoms with E-state index in [-0.39, 0.29) is 18.5 Å². The molecule has 4 aliphatic rings. The number of nitrogens with zero attached hydrogens (tertiary/aromatic N) is 1. The molecular weight excluding hydrogens is 378 g/mol. The fourth-order valence-corrected chi connectivity index (χ4v) is 5.46. The molecule has 2 aromatic carbocycles. The van der Waals surface area contributed by atoms with Crippen molar-refractivity contribution in [1.29, 1.82) is 0 Å². The number of methoxy groups -OCH3 is 2. The van der Waals surface area contributed by atoms with Crippen LogP contribution in [-0.4, -0.2) is 32.4 Å². The fraction of sp³-hybridized carbons (Fsp3) is 0.440. The highest BCUT2D eigenvalue weighted by molar-refractivity contribution is 5.88. The summed E-state index contributed by atoms with van der Waals surface area (Å²) in [5, 5.41) is 0. The van der Waals surface area contributed by atoms with E-state index in [1.54, 1.807) is 6.07 Å². The summed E-state index contributed by atoms with van der Waals surface area (Å²) in [7, 11) is -1.16. The lowest BCUT2D eigenvalue weighted by Gasteiger charge is -2.46. The van der Waals surface area contributed by atoms with Gasteiger partial charge in [0.1, 0.15) is 0 Å². The van der Waals surface area contributed by atoms with Gasteiger partial charge in [-0.05, 0) is 60.6 Å². The number of hydrogen-bond donors (Lipinski definition) is 0. The summed E-state index contributed by atoms with van der Waals surface area (Å²) in [4.78, 5) is 2.14. The van der Waals surface area contributed by atoms with E-state index in [9.17, 15) is 1.37 Å². The van der Waals surface area contributed by atoms with Crippen LogP contribution in [0.2, 0.25) is 0 Å². The van der Waals surface area contributed by atoms with Gasteiger partial charge in [-0.15, -0.1) is 0 Å². The lowest BCUT2D eigenvalue weighted by molar-refractivity contribution is 0.174. The molecule has 30 heavy (non-hydrogen) atoms. The van der Waals surface area contributed by atoms with E-state index >= 15 is 0 Å². The van der Waals surface area contributed by atoms with Crippen molar-refractivity contribution in [2.24, 2.45) is 5.92 Å². The van der Waals surface area contributed by atoms with Gasteiger partial charge in [-0.1, -0.05) is 18.9 Å². The smallest absolute Gasteiger partial charge is 0.231 e. The van der Waals surface area contributed by atoms with Crippen molar-refractivity contribution < 1.29 is 24.4 Å². The third-order valence-corrected chi connectivity index (χ3v) is 6.83. The van der Waals surface area contributed by atoms with Crippen molar-refractivity contribution in [2.45, 2.75) is 38.1 Å². The molecule has 0 aromatic heterocycles. The fourth-order valence-electron chi connectivity index (χ4n) is 5.46. The Balaban J connectivity index is 1.60. The van der Waals surface area contributed by atoms with Crippen LogP contribution in [0.3, 0.4) is 0 Å². The maximum atomic E-state index is 10.0. The first-order chi connectivity index (χ1) is 16.3. The molecule has 3 heterocycles. The zero-order chi connectivity index (χ0) is 23.7. The molecule has 0 N–H and O–H groups in total. The number of rotatable bonds is 3. The average molecular weight is 410 g/mol. The van der Waals surface area contributed by atoms with Crippen molar-refractivity contribution in [3.8, 4) is 23.0 Å². The van der Waals surface area contributed by atoms with Crippen LogP contribution in [0.4, 0.5) is 0 Å². The van der Waals surface area contributed by atoms with E-state index in [2.05, 4.69) is 4.90 Å². The van der Waals surface area contributed by atoms with Crippen molar-refractivity contribution in [1.82, 2.24) is 4.90 Å². The highest BCUT2D eigenvalue weighted by atomic mass is 16.7. The van der Waals surface area contributed by atoms with E-state index < -0.39 is 13.1 Å². The van der Waals surface area contributed by atoms with Crippen LogP contribution in [0.1, 0.15) is 59.4 Å². The molecule has 0 spiro atoms. The Kier molecular flexibility index (Phi) is 3.26. The minimum Gasteiger partial charge on any atom is -0.493 e. The van der Waals surface area contributed by atoms with Crippen LogP contribution in [0.25, 0.3) is 11.8 Å². The highest BCUT2D eigenvalue weighted by Gasteiger charge is 2.41. The summed E-state index contributed by atoms with van der Waals surface area (Å²) in [5.74, 6) is 1.99. The Morgan fingerprint density at radius 1 is 1.13 bits per heavy atom. The van der Waals surface area contributed by atoms with E-state index in [4.69, 9.17) is 23.1 Å². The molecule has 0 bridgehead atoms. The van der Waals surface area contributed by atoms with Gasteiger partial charge in [-0.2, -0.15) is 0 Å². The predicted octanol–water partition coefficient (Wildman–Crippen LogP) is 5.03. The summed E-state index contributed by atoms with van der Waals surface area (Å²) < 4.78 is 55.7. The molecule has 0 radical (unpaired) electrons. The van der Waals surface area contributed by atoms with Crippen LogP contribution >= 0.6 is 0 Å². The second-order valence-corrected chi connectivity index (χ2v) is 8.32. The van der Waals surface area contributed by atoms with Gasteiger partial charge in [-0.3, -0.25) is 0 Å². The largest absolute Gasteiger partial charge is 0.493 e. The molecule has 6 rings (SSSR count). The molecule has 5 heteroatoms. The van der Waals surface area contributed by atoms with Gasteiger partial charge in [0.15, 0.2) is 23.0 Å². The van der Waals surface area contributed by atoms with Gasteiger partial charge in [0.25, 0.3) is 0 Å². The summed E-state index contributed by atoms with van der Waals surface area (Å²) in [5.41, 5.74) is 4.53. The maximum Gasteiger partial charge on any atom is 0.231 e. The second-order valence-electron chi connectivity index (χ2n) is 8.32. The van der Waals surface area contributed by atoms with Crippen LogP contribution in [0, 0.1) is 5.92 Å². The molecule has 156 valence electrons. The standard InChI is InChI=1S/C25H27NO4/c1-27-20-8-7-17-11-19-18-13-22-21(29-14-30-22)12-16(18)9-10-26(19)24(15-5-3-4-6-15)23(17)25(20)28-2/h7-8,11-13,15,24H,3-6,9-10,14H2,1-2H3/i2D3,24D. The Morgan fingerprint density at radius 3 is 2.77 bits per heavy atom. The van der Waals surface area contributed by atoms with Crippen LogP contribution < -0.4 is 18.9 Å². The quantitative estimate of drug-likeness (QED) is 0.711. The number of hydrogen-bond acceptors (Lipinski definition) is 5. The maximum absolute atomic E-state index is 10.0. The summed E-state index contributed by atoms with van der Waals surface area (Å²) >= 11 is 0. The topological polar surface area (TPSA) is 40.2 Å². The molecule has 1 unspecified atom stereocenters. The highest BCUT2D eigenvalue weighted by Crippen LogP contribution is 2.54. The van der Waals surface area contributed by atoms with Gasteiger partial charge >= 0.3 is 0 Å². The van der Waals surface area contributed by atoms with Gasteiger partial charge < -0.3 is 23.8 Å². The first-order valence-corrected chi connectivity index (χ1v) is 10.6. The van der Waals surface area contributed by atoms with Crippen molar-refractivity contribution in [2.75, 3.05) is 27.5 Å². The average Bonchev–Trinajstić information content (AvgIpc) is 3.49. The first-order valence-electron chi connectivity index (χ1n) is 12.6. The van der Waals surface area contributed by atoms with Crippen LogP contribution in [0.5, 0.6) is 23.0 Å². The molecule has 5 nitrogen and oxygen atoms in total. The van der Waals surface area contributed by atoms with E-state index in [1.807, 2.05) is 24.3 Å². The SMILES string of the molecule is [2H]C([2H])([2H])Oc1c(OC)ccc2c1C([2H])(C1CCCC1)N1CCc3cc4c(cc3C1=C2)OCO4. The lowest BCUT2D eigenvalue weighted by atomic mass is 9.80. The monoisotopic (exact) mass is 409 g/mol. The molecule has 1 atom stereocenters. The molecule has 2 aromatic rings. The van der Waals surface area contributed by atoms with E-state index in [0.29, 0.717) is 23.6 Å². The molecule has 1 aliphatic carbocycles. The molecule has 0 amide bonds. The van der Waals surface area contributed by atoms with Crippen molar-refractivity contribution in [3.63, 3.8) is 0 Å². The van der Waals surface area contributed by atoms with Crippen molar-refractivity contribution >= 4 is 11.8 Å². The van der Waals surface area contributed by atoms with Crippen molar-refractivity contribution in [3.05, 3.63) is 46.5 Å². The minimum absolute atomic E-state index is 0.0385. The zero-order valence-electron chi connectivity index (χ0n) is 21.0. The third kappa shape index (κ3) is 2.54. The summed E-state index contributed by atoms with van der Waals surface area (Å²) in [6, 6.07) is 6.51. The second kappa shape index (κ2) is 6.86. The molecule has 1 saturated carbocycles. The molecule has 0 saturated heterocycles. The van der Waals surface area contributed by atoms with Gasteiger partial charge in [0, 0.05) is 23.4 Å². The minimum atomic E-state index is -2.66. The normalized spacial score (nSPS) is 26.4. The van der Waals surface area contributed by atoms with Gasteiger partial charge in [0.05, 0.1) is 25.6 Å². The molecule has 1 fully saturated rings. The van der Waals surface area contributed by atoms with Gasteiger partial charge in [-0.25, -0.2) is 0 Å². The Bertz CT molecular complexity index is 1190. The zero-order valence-corrected chi connectivity index (χ0v) is 17.0. The van der Waals surface area contributed by atoms with E-state index in [0.717, 1.165) is 60.2 Å². The third-order valence-electron chi connectivity index (χ3n) is 6.83. The molecule has 3 aliphatic heterocycles. The Morgan fingerprint density at radius 2 is 1.97 bits per heavy atom. The van der Waals surface area contributed by atoms with Crippen LogP contribution in [0.15, 0.2) is 24.3 Å². The molecular formula is C25H27NO4. The Hall–Kier alpha value is -2.82. The summed E-state index contributed by atoms with van der Waals surface area (Å²) in [6.45, 7) is 0.853. The summed E-state index contributed by atoms with van der Waals surface area (Å²) in [6.07, 6.45) is 6.73. The lowest BCUT2D eigenvalue weighted by Crippen LogP contribution is -2.38. The predicted molar refractivity (Wildman–Crippen MR) is 115 cm³/mol. The Labute approximate surface area is 182 Å². The number of ether oxygens (including phenoxy) is 4. The number of fused-ring (bicyclic) bond motifs is 5. The van der Waals surface area contributed by atoms with Crippen LogP contribution in [-0.2, 0) is 6.42 Å². The first kappa shape index (κ1) is 14.2. The van der Waals surface area contributed by atoms with E-state index in [1.165, 1.54) is 7.11 Å². The van der Waals surface area contributed by atoms with Gasteiger partial charge in [0.2, 0.25) is 6.79 Å². The number of benzene rings is 2.